The molecule has 7 nitrogen and oxygen atoms in total. The molecule has 1 N–H and O–H groups in total. The Bertz CT molecular complexity index is 817. The van der Waals surface area contributed by atoms with Crippen LogP contribution in [0.25, 0.3) is 5.69 Å². The van der Waals surface area contributed by atoms with Crippen LogP contribution in [0.4, 0.5) is 4.79 Å². The van der Waals surface area contributed by atoms with Crippen LogP contribution in [0, 0.1) is 0 Å². The normalized spacial score (nSPS) is 19.1. The number of carbonyl (C=O) groups is 1. The van der Waals surface area contributed by atoms with Crippen LogP contribution in [0.2, 0.25) is 0 Å². The molecule has 1 aromatic carbocycles. The number of carbonyl (C=O) groups excluding carboxylic acids is 1. The van der Waals surface area contributed by atoms with Crippen LogP contribution in [0.3, 0.4) is 0 Å². The summed E-state index contributed by atoms with van der Waals surface area (Å²) in [6, 6.07) is 9.18. The predicted molar refractivity (Wildman–Crippen MR) is 90.6 cm³/mol. The molecule has 24 heavy (non-hydrogen) atoms. The van der Waals surface area contributed by atoms with Crippen LogP contribution >= 0.6 is 0 Å². The summed E-state index contributed by atoms with van der Waals surface area (Å²) in [5, 5.41) is 7.08. The number of nitrogens with one attached hydrogen (secondary N) is 1. The number of sulfone groups is 1. The predicted octanol–water partition coefficient (Wildman–Crippen LogP) is 1.20. The zero-order valence-corrected chi connectivity index (χ0v) is 14.2. The van der Waals surface area contributed by atoms with Crippen molar-refractivity contribution in [1.82, 2.24) is 20.0 Å². The first-order valence-corrected chi connectivity index (χ1v) is 9.57. The Balaban J connectivity index is 1.56. The fourth-order valence-corrected chi connectivity index (χ4v) is 4.50. The molecule has 1 aliphatic rings. The van der Waals surface area contributed by atoms with Crippen LogP contribution in [-0.2, 0) is 16.4 Å². The average molecular weight is 348 g/mol. The molecule has 1 aromatic heterocycles. The Morgan fingerprint density at radius 1 is 1.38 bits per heavy atom. The van der Waals surface area contributed by atoms with Crippen molar-refractivity contribution in [3.05, 3.63) is 48.3 Å². The van der Waals surface area contributed by atoms with Gasteiger partial charge in [-0.1, -0.05) is 18.2 Å². The summed E-state index contributed by atoms with van der Waals surface area (Å²) in [6.07, 6.45) is 4.06. The molecule has 0 saturated carbocycles. The van der Waals surface area contributed by atoms with Gasteiger partial charge in [0.2, 0.25) is 0 Å². The van der Waals surface area contributed by atoms with E-state index >= 15 is 0 Å². The van der Waals surface area contributed by atoms with E-state index in [4.69, 9.17) is 0 Å². The van der Waals surface area contributed by atoms with E-state index in [1.165, 1.54) is 4.90 Å². The van der Waals surface area contributed by atoms with Crippen molar-refractivity contribution in [2.45, 2.75) is 19.0 Å². The van der Waals surface area contributed by atoms with Crippen molar-refractivity contribution in [2.75, 3.05) is 18.6 Å². The molecule has 2 heterocycles. The molecule has 0 aliphatic carbocycles. The summed E-state index contributed by atoms with van der Waals surface area (Å²) in [5.41, 5.74) is 1.82. The molecular formula is C16H20N4O3S. The lowest BCUT2D eigenvalue weighted by Crippen LogP contribution is -2.43. The van der Waals surface area contributed by atoms with Gasteiger partial charge in [0.1, 0.15) is 0 Å². The molecule has 1 fully saturated rings. The molecule has 8 heteroatoms. The highest BCUT2D eigenvalue weighted by Gasteiger charge is 2.32. The van der Waals surface area contributed by atoms with Gasteiger partial charge in [-0.25, -0.2) is 17.9 Å². The maximum Gasteiger partial charge on any atom is 0.317 e. The van der Waals surface area contributed by atoms with Crippen LogP contribution < -0.4 is 5.32 Å². The van der Waals surface area contributed by atoms with Gasteiger partial charge in [-0.15, -0.1) is 0 Å². The molecule has 3 rings (SSSR count). The van der Waals surface area contributed by atoms with Crippen molar-refractivity contribution in [1.29, 1.82) is 0 Å². The highest BCUT2D eigenvalue weighted by atomic mass is 32.2. The van der Waals surface area contributed by atoms with Crippen LogP contribution in [-0.4, -0.2) is 53.7 Å². The number of hydrogen-bond acceptors (Lipinski definition) is 4. The standard InChI is InChI=1S/C16H20N4O3S/c1-19(15-7-8-24(22,23)12-15)16(21)17-9-13-10-18-20(11-13)14-5-3-2-4-6-14/h2-6,10-11,15H,7-9,12H2,1H3,(H,17,21)/t15-/m0/s1. The number of hydrogen-bond donors (Lipinski definition) is 1. The zero-order chi connectivity index (χ0) is 17.2. The maximum atomic E-state index is 12.2. The molecular weight excluding hydrogens is 328 g/mol. The number of rotatable bonds is 4. The van der Waals surface area contributed by atoms with Crippen molar-refractivity contribution >= 4 is 15.9 Å². The first kappa shape index (κ1) is 16.5. The zero-order valence-electron chi connectivity index (χ0n) is 13.4. The molecule has 0 bridgehead atoms. The van der Waals surface area contributed by atoms with Crippen LogP contribution in [0.15, 0.2) is 42.7 Å². The Labute approximate surface area is 141 Å². The van der Waals surface area contributed by atoms with Gasteiger partial charge in [0.15, 0.2) is 9.84 Å². The van der Waals surface area contributed by atoms with Gasteiger partial charge < -0.3 is 10.2 Å². The van der Waals surface area contributed by atoms with Gasteiger partial charge in [0.05, 0.1) is 23.4 Å². The second kappa shape index (κ2) is 6.64. The number of benzene rings is 1. The minimum Gasteiger partial charge on any atom is -0.334 e. The summed E-state index contributed by atoms with van der Waals surface area (Å²) < 4.78 is 24.8. The lowest BCUT2D eigenvalue weighted by atomic mass is 10.2. The van der Waals surface area contributed by atoms with E-state index in [1.807, 2.05) is 36.5 Å². The molecule has 0 spiro atoms. The SMILES string of the molecule is CN(C(=O)NCc1cnn(-c2ccccc2)c1)[C@H]1CCS(=O)(=O)C1. The molecule has 2 aromatic rings. The van der Waals surface area contributed by atoms with Gasteiger partial charge in [0.25, 0.3) is 0 Å². The van der Waals surface area contributed by atoms with Gasteiger partial charge in [0, 0.05) is 31.4 Å². The third-order valence-electron chi connectivity index (χ3n) is 4.18. The molecule has 128 valence electrons. The molecule has 1 saturated heterocycles. The lowest BCUT2D eigenvalue weighted by Gasteiger charge is -2.23. The minimum atomic E-state index is -3.00. The van der Waals surface area contributed by atoms with Crippen molar-refractivity contribution in [3.8, 4) is 5.69 Å². The monoisotopic (exact) mass is 348 g/mol. The molecule has 2 amide bonds. The van der Waals surface area contributed by atoms with Crippen LogP contribution in [0.5, 0.6) is 0 Å². The largest absolute Gasteiger partial charge is 0.334 e. The number of nitrogens with zero attached hydrogens (tertiary/aromatic N) is 3. The highest BCUT2D eigenvalue weighted by molar-refractivity contribution is 7.91. The quantitative estimate of drug-likeness (QED) is 0.900. The fourth-order valence-electron chi connectivity index (χ4n) is 2.72. The fraction of sp³-hybridized carbons (Fsp3) is 0.375. The smallest absolute Gasteiger partial charge is 0.317 e. The Morgan fingerprint density at radius 3 is 2.79 bits per heavy atom. The van der Waals surface area contributed by atoms with Gasteiger partial charge in [-0.2, -0.15) is 5.10 Å². The Morgan fingerprint density at radius 2 is 2.12 bits per heavy atom. The lowest BCUT2D eigenvalue weighted by molar-refractivity contribution is 0.194. The van der Waals surface area contributed by atoms with Crippen molar-refractivity contribution in [2.24, 2.45) is 0 Å². The van der Waals surface area contributed by atoms with E-state index in [0.717, 1.165) is 11.3 Å². The summed E-state index contributed by atoms with van der Waals surface area (Å²) >= 11 is 0. The number of urea groups is 1. The van der Waals surface area contributed by atoms with E-state index in [9.17, 15) is 13.2 Å². The topological polar surface area (TPSA) is 84.3 Å². The summed E-state index contributed by atoms with van der Waals surface area (Å²) in [5.74, 6) is 0.196. The van der Waals surface area contributed by atoms with E-state index in [2.05, 4.69) is 10.4 Å². The molecule has 1 atom stereocenters. The van der Waals surface area contributed by atoms with E-state index < -0.39 is 9.84 Å². The third kappa shape index (κ3) is 3.76. The van der Waals surface area contributed by atoms with Gasteiger partial charge >= 0.3 is 6.03 Å². The number of aromatic nitrogens is 2. The molecule has 1 aliphatic heterocycles. The van der Waals surface area contributed by atoms with Crippen LogP contribution in [0.1, 0.15) is 12.0 Å². The van der Waals surface area contributed by atoms with Crippen molar-refractivity contribution in [3.63, 3.8) is 0 Å². The molecule has 0 radical (unpaired) electrons. The Kier molecular flexibility index (Phi) is 4.57. The van der Waals surface area contributed by atoms with E-state index in [-0.39, 0.29) is 23.6 Å². The summed E-state index contributed by atoms with van der Waals surface area (Å²) in [6.45, 7) is 0.343. The van der Waals surface area contributed by atoms with E-state index in [0.29, 0.717) is 13.0 Å². The summed E-state index contributed by atoms with van der Waals surface area (Å²) in [7, 11) is -1.37. The Hall–Kier alpha value is -2.35. The number of amides is 2. The molecule has 0 unspecified atom stereocenters. The second-order valence-electron chi connectivity index (χ2n) is 5.96. The minimum absolute atomic E-state index is 0.0445. The van der Waals surface area contributed by atoms with Crippen molar-refractivity contribution < 1.29 is 13.2 Å². The second-order valence-corrected chi connectivity index (χ2v) is 8.18. The first-order chi connectivity index (χ1) is 11.4. The van der Waals surface area contributed by atoms with Gasteiger partial charge in [-0.3, -0.25) is 0 Å². The third-order valence-corrected chi connectivity index (χ3v) is 5.93. The maximum absolute atomic E-state index is 12.2. The van der Waals surface area contributed by atoms with E-state index in [1.54, 1.807) is 17.9 Å². The first-order valence-electron chi connectivity index (χ1n) is 7.75. The van der Waals surface area contributed by atoms with Gasteiger partial charge in [-0.05, 0) is 18.6 Å². The number of para-hydroxylation sites is 1. The highest BCUT2D eigenvalue weighted by Crippen LogP contribution is 2.16. The average Bonchev–Trinajstić information content (AvgIpc) is 3.19. The summed E-state index contributed by atoms with van der Waals surface area (Å²) in [4.78, 5) is 13.7.